The van der Waals surface area contributed by atoms with Crippen molar-refractivity contribution in [3.05, 3.63) is 32.8 Å². The summed E-state index contributed by atoms with van der Waals surface area (Å²) in [6.45, 7) is 3.38. The van der Waals surface area contributed by atoms with E-state index in [9.17, 15) is 9.59 Å². The van der Waals surface area contributed by atoms with Gasteiger partial charge in [0.1, 0.15) is 0 Å². The van der Waals surface area contributed by atoms with Crippen molar-refractivity contribution in [3.63, 3.8) is 0 Å². The average Bonchev–Trinajstić information content (AvgIpc) is 2.41. The fourth-order valence-electron chi connectivity index (χ4n) is 1.34. The topological polar surface area (TPSA) is 55.4 Å². The van der Waals surface area contributed by atoms with Gasteiger partial charge in [0.15, 0.2) is 6.61 Å². The highest BCUT2D eigenvalue weighted by Gasteiger charge is 2.19. The first-order valence-corrected chi connectivity index (χ1v) is 7.10. The van der Waals surface area contributed by atoms with E-state index in [-0.39, 0.29) is 32.6 Å². The summed E-state index contributed by atoms with van der Waals surface area (Å²) in [5.41, 5.74) is -0.0443. The van der Waals surface area contributed by atoms with Gasteiger partial charge in [-0.3, -0.25) is 4.79 Å². The predicted octanol–water partition coefficient (Wildman–Crippen LogP) is 3.72. The predicted molar refractivity (Wildman–Crippen MR) is 79.7 cm³/mol. The Morgan fingerprint density at radius 2 is 1.85 bits per heavy atom. The van der Waals surface area contributed by atoms with Crippen LogP contribution < -0.4 is 5.32 Å². The zero-order valence-electron chi connectivity index (χ0n) is 11.0. The maximum Gasteiger partial charge on any atom is 0.341 e. The molecule has 0 unspecified atom stereocenters. The third-order valence-corrected chi connectivity index (χ3v) is 3.72. The number of hydrogen-bond donors (Lipinski definition) is 1. The van der Waals surface area contributed by atoms with Crippen LogP contribution in [0.5, 0.6) is 0 Å². The first kappa shape index (κ1) is 17.1. The van der Waals surface area contributed by atoms with Crippen molar-refractivity contribution in [2.24, 2.45) is 0 Å². The van der Waals surface area contributed by atoms with Crippen LogP contribution in [-0.2, 0) is 9.53 Å². The zero-order valence-corrected chi connectivity index (χ0v) is 13.3. The number of benzene rings is 1. The number of rotatable bonds is 5. The third kappa shape index (κ3) is 4.54. The summed E-state index contributed by atoms with van der Waals surface area (Å²) < 4.78 is 4.87. The van der Waals surface area contributed by atoms with E-state index in [1.165, 1.54) is 12.1 Å². The van der Waals surface area contributed by atoms with Crippen LogP contribution in [0.15, 0.2) is 12.1 Å². The van der Waals surface area contributed by atoms with Gasteiger partial charge in [0.05, 0.1) is 20.6 Å². The number of hydrogen-bond acceptors (Lipinski definition) is 3. The number of ether oxygens (including phenoxy) is 1. The van der Waals surface area contributed by atoms with Gasteiger partial charge in [-0.1, -0.05) is 41.7 Å². The molecule has 0 aromatic heterocycles. The maximum atomic E-state index is 11.9. The molecule has 1 N–H and O–H groups in total. The second kappa shape index (κ2) is 7.72. The van der Waals surface area contributed by atoms with Crippen LogP contribution in [0, 0.1) is 0 Å². The van der Waals surface area contributed by atoms with Gasteiger partial charge in [0.2, 0.25) is 0 Å². The molecule has 1 aromatic carbocycles. The lowest BCUT2D eigenvalue weighted by Gasteiger charge is -2.12. The van der Waals surface area contributed by atoms with Crippen molar-refractivity contribution in [2.45, 2.75) is 26.3 Å². The monoisotopic (exact) mass is 337 g/mol. The van der Waals surface area contributed by atoms with Gasteiger partial charge in [0, 0.05) is 6.04 Å². The minimum atomic E-state index is -0.790. The SMILES string of the molecule is CC[C@H](C)NC(=O)COC(=O)c1c(Cl)ccc(Cl)c1Cl. The standard InChI is InChI=1S/C13H14Cl3NO3/c1-3-7(2)17-10(18)6-20-13(19)11-8(14)4-5-9(15)12(11)16/h4-5,7H,3,6H2,1-2H3,(H,17,18)/t7-/m0/s1. The van der Waals surface area contributed by atoms with Crippen LogP contribution >= 0.6 is 34.8 Å². The molecular weight excluding hydrogens is 325 g/mol. The number of nitrogens with one attached hydrogen (secondary N) is 1. The molecule has 0 heterocycles. The van der Waals surface area contributed by atoms with Crippen molar-refractivity contribution >= 4 is 46.7 Å². The van der Waals surface area contributed by atoms with Crippen molar-refractivity contribution in [1.82, 2.24) is 5.32 Å². The molecule has 0 aliphatic carbocycles. The highest BCUT2D eigenvalue weighted by atomic mass is 35.5. The Morgan fingerprint density at radius 1 is 1.25 bits per heavy atom. The fourth-order valence-corrected chi connectivity index (χ4v) is 2.02. The van der Waals surface area contributed by atoms with E-state index >= 15 is 0 Å². The van der Waals surface area contributed by atoms with Crippen LogP contribution in [0.4, 0.5) is 0 Å². The molecule has 0 bridgehead atoms. The molecule has 7 heteroatoms. The summed E-state index contributed by atoms with van der Waals surface area (Å²) in [5.74, 6) is -1.18. The molecule has 0 spiro atoms. The Bertz CT molecular complexity index is 520. The van der Waals surface area contributed by atoms with Crippen LogP contribution in [0.1, 0.15) is 30.6 Å². The normalized spacial score (nSPS) is 11.8. The first-order valence-electron chi connectivity index (χ1n) is 5.96. The van der Waals surface area contributed by atoms with Crippen molar-refractivity contribution < 1.29 is 14.3 Å². The average molecular weight is 339 g/mol. The Kier molecular flexibility index (Phi) is 6.59. The van der Waals surface area contributed by atoms with Gasteiger partial charge in [0.25, 0.3) is 5.91 Å². The number of carbonyl (C=O) groups is 2. The van der Waals surface area contributed by atoms with E-state index in [0.29, 0.717) is 0 Å². The van der Waals surface area contributed by atoms with Crippen molar-refractivity contribution in [3.8, 4) is 0 Å². The van der Waals surface area contributed by atoms with E-state index in [2.05, 4.69) is 5.32 Å². The third-order valence-electron chi connectivity index (χ3n) is 2.60. The zero-order chi connectivity index (χ0) is 15.3. The lowest BCUT2D eigenvalue weighted by Crippen LogP contribution is -2.35. The van der Waals surface area contributed by atoms with Crippen molar-refractivity contribution in [2.75, 3.05) is 6.61 Å². The molecule has 110 valence electrons. The Hall–Kier alpha value is -0.970. The van der Waals surface area contributed by atoms with Crippen molar-refractivity contribution in [1.29, 1.82) is 0 Å². The van der Waals surface area contributed by atoms with E-state index in [1.807, 2.05) is 13.8 Å². The van der Waals surface area contributed by atoms with E-state index in [1.54, 1.807) is 0 Å². The second-order valence-electron chi connectivity index (χ2n) is 4.17. The van der Waals surface area contributed by atoms with Crippen LogP contribution in [0.25, 0.3) is 0 Å². The van der Waals surface area contributed by atoms with Crippen LogP contribution in [0.3, 0.4) is 0 Å². The Balaban J connectivity index is 2.69. The quantitative estimate of drug-likeness (QED) is 0.657. The van der Waals surface area contributed by atoms with Crippen LogP contribution in [0.2, 0.25) is 15.1 Å². The maximum absolute atomic E-state index is 11.9. The van der Waals surface area contributed by atoms with Gasteiger partial charge in [-0.15, -0.1) is 0 Å². The fraction of sp³-hybridized carbons (Fsp3) is 0.385. The molecule has 0 aliphatic rings. The Labute approximate surface area is 132 Å². The smallest absolute Gasteiger partial charge is 0.341 e. The summed E-state index contributed by atoms with van der Waals surface area (Å²) >= 11 is 17.6. The molecule has 4 nitrogen and oxygen atoms in total. The number of halogens is 3. The summed E-state index contributed by atoms with van der Waals surface area (Å²) in [5, 5.41) is 2.98. The van der Waals surface area contributed by atoms with Gasteiger partial charge in [-0.05, 0) is 25.5 Å². The second-order valence-corrected chi connectivity index (χ2v) is 5.36. The minimum Gasteiger partial charge on any atom is -0.452 e. The summed E-state index contributed by atoms with van der Waals surface area (Å²) in [4.78, 5) is 23.4. The minimum absolute atomic E-state index is 0.00602. The highest BCUT2D eigenvalue weighted by Crippen LogP contribution is 2.31. The molecule has 0 aliphatic heterocycles. The van der Waals surface area contributed by atoms with Crippen LogP contribution in [-0.4, -0.2) is 24.5 Å². The van der Waals surface area contributed by atoms with E-state index in [4.69, 9.17) is 39.5 Å². The molecule has 20 heavy (non-hydrogen) atoms. The van der Waals surface area contributed by atoms with Gasteiger partial charge in [-0.25, -0.2) is 4.79 Å². The number of carbonyl (C=O) groups excluding carboxylic acids is 2. The molecule has 0 radical (unpaired) electrons. The molecule has 1 aromatic rings. The lowest BCUT2D eigenvalue weighted by atomic mass is 10.2. The summed E-state index contributed by atoms with van der Waals surface area (Å²) in [6.07, 6.45) is 0.783. The van der Waals surface area contributed by atoms with Gasteiger partial charge >= 0.3 is 5.97 Å². The number of amides is 1. The summed E-state index contributed by atoms with van der Waals surface area (Å²) in [6, 6.07) is 2.92. The number of esters is 1. The van der Waals surface area contributed by atoms with Gasteiger partial charge in [-0.2, -0.15) is 0 Å². The first-order chi connectivity index (χ1) is 9.36. The molecule has 1 rings (SSSR count). The Morgan fingerprint density at radius 3 is 2.45 bits per heavy atom. The molecule has 1 atom stereocenters. The highest BCUT2D eigenvalue weighted by molar-refractivity contribution is 6.46. The van der Waals surface area contributed by atoms with E-state index in [0.717, 1.165) is 6.42 Å². The molecule has 0 fully saturated rings. The lowest BCUT2D eigenvalue weighted by molar-refractivity contribution is -0.124. The molecule has 0 saturated carbocycles. The molecule has 1 amide bonds. The van der Waals surface area contributed by atoms with Gasteiger partial charge < -0.3 is 10.1 Å². The summed E-state index contributed by atoms with van der Waals surface area (Å²) in [7, 11) is 0. The molecular formula is C13H14Cl3NO3. The molecule has 0 saturated heterocycles. The largest absolute Gasteiger partial charge is 0.452 e. The van der Waals surface area contributed by atoms with E-state index < -0.39 is 12.6 Å².